The highest BCUT2D eigenvalue weighted by molar-refractivity contribution is 7.14. The molecule has 0 radical (unpaired) electrons. The summed E-state index contributed by atoms with van der Waals surface area (Å²) < 4.78 is 35.4. The largest absolute Gasteiger partial charge is 0.414 e. The number of carbonyl (C=O) groups is 1. The molecule has 108 valence electrons. The van der Waals surface area contributed by atoms with Gasteiger partial charge in [-0.1, -0.05) is 0 Å². The highest BCUT2D eigenvalue weighted by Crippen LogP contribution is 2.25. The van der Waals surface area contributed by atoms with Crippen molar-refractivity contribution in [2.24, 2.45) is 0 Å². The molecule has 0 atom stereocenters. The number of carbonyl (C=O) groups excluding carboxylic acids is 1. The maximum Gasteiger partial charge on any atom is 0.414 e. The van der Waals surface area contributed by atoms with E-state index in [0.717, 1.165) is 10.6 Å². The second kappa shape index (κ2) is 6.33. The molecule has 2 rings (SSSR count). The Bertz CT molecular complexity index is 566. The maximum absolute atomic E-state index is 11.8. The Morgan fingerprint density at radius 1 is 1.40 bits per heavy atom. The predicted octanol–water partition coefficient (Wildman–Crippen LogP) is 3.02. The van der Waals surface area contributed by atoms with Crippen LogP contribution in [0.2, 0.25) is 0 Å². The van der Waals surface area contributed by atoms with Crippen LogP contribution < -0.4 is 5.48 Å². The van der Waals surface area contributed by atoms with Crippen LogP contribution in [0.3, 0.4) is 0 Å². The van der Waals surface area contributed by atoms with E-state index < -0.39 is 18.7 Å². The number of hydrogen-bond donors (Lipinski definition) is 1. The molecule has 4 nitrogen and oxygen atoms in total. The van der Waals surface area contributed by atoms with Crippen LogP contribution in [0, 0.1) is 0 Å². The number of amides is 1. The van der Waals surface area contributed by atoms with Gasteiger partial charge in [0.15, 0.2) is 6.61 Å². The molecular formula is C11H9F3N2O2S2. The maximum atomic E-state index is 11.8. The summed E-state index contributed by atoms with van der Waals surface area (Å²) in [6, 6.07) is 1.90. The molecule has 0 unspecified atom stereocenters. The third kappa shape index (κ3) is 4.58. The standard InChI is InChI=1S/C11H9F3N2O2S2/c12-11(13,14)6-18-16-9(17)3-8-5-20-10(15-8)7-1-2-19-4-7/h1-2,4-5H,3,6H2,(H,16,17). The normalized spacial score (nSPS) is 11.6. The lowest BCUT2D eigenvalue weighted by Gasteiger charge is -2.07. The molecule has 2 heterocycles. The van der Waals surface area contributed by atoms with E-state index in [2.05, 4.69) is 9.82 Å². The van der Waals surface area contributed by atoms with Crippen LogP contribution >= 0.6 is 22.7 Å². The fraction of sp³-hybridized carbons (Fsp3) is 0.273. The van der Waals surface area contributed by atoms with Gasteiger partial charge in [0.2, 0.25) is 5.91 Å². The molecular weight excluding hydrogens is 313 g/mol. The molecule has 0 saturated heterocycles. The monoisotopic (exact) mass is 322 g/mol. The van der Waals surface area contributed by atoms with Crippen molar-refractivity contribution in [3.05, 3.63) is 27.9 Å². The predicted molar refractivity (Wildman–Crippen MR) is 69.3 cm³/mol. The molecule has 0 fully saturated rings. The number of hydroxylamine groups is 1. The summed E-state index contributed by atoms with van der Waals surface area (Å²) in [6.07, 6.45) is -4.60. The molecule has 0 aliphatic heterocycles. The number of halogens is 3. The van der Waals surface area contributed by atoms with Gasteiger partial charge in [0, 0.05) is 16.3 Å². The van der Waals surface area contributed by atoms with Crippen molar-refractivity contribution in [3.8, 4) is 10.6 Å². The smallest absolute Gasteiger partial charge is 0.272 e. The van der Waals surface area contributed by atoms with Gasteiger partial charge < -0.3 is 0 Å². The first kappa shape index (κ1) is 14.9. The number of aromatic nitrogens is 1. The van der Waals surface area contributed by atoms with Crippen molar-refractivity contribution in [2.45, 2.75) is 12.6 Å². The van der Waals surface area contributed by atoms with Gasteiger partial charge in [-0.25, -0.2) is 10.5 Å². The lowest BCUT2D eigenvalue weighted by molar-refractivity contribution is -0.191. The van der Waals surface area contributed by atoms with E-state index in [9.17, 15) is 18.0 Å². The Kier molecular flexibility index (Phi) is 4.73. The van der Waals surface area contributed by atoms with Crippen LogP contribution in [0.15, 0.2) is 22.2 Å². The van der Waals surface area contributed by atoms with Crippen molar-refractivity contribution in [1.29, 1.82) is 0 Å². The minimum atomic E-state index is -4.47. The molecule has 0 bridgehead atoms. The molecule has 1 amide bonds. The van der Waals surface area contributed by atoms with E-state index in [-0.39, 0.29) is 6.42 Å². The topological polar surface area (TPSA) is 51.2 Å². The van der Waals surface area contributed by atoms with E-state index in [1.54, 1.807) is 10.9 Å². The number of rotatable bonds is 5. The minimum Gasteiger partial charge on any atom is -0.272 e. The van der Waals surface area contributed by atoms with E-state index >= 15 is 0 Å². The van der Waals surface area contributed by atoms with Gasteiger partial charge in [-0.05, 0) is 11.4 Å². The van der Waals surface area contributed by atoms with Gasteiger partial charge in [0.05, 0.1) is 12.1 Å². The van der Waals surface area contributed by atoms with Gasteiger partial charge in [-0.3, -0.25) is 9.63 Å². The summed E-state index contributed by atoms with van der Waals surface area (Å²) in [5, 5.41) is 6.30. The van der Waals surface area contributed by atoms with Crippen LogP contribution in [0.5, 0.6) is 0 Å². The van der Waals surface area contributed by atoms with Gasteiger partial charge in [-0.15, -0.1) is 11.3 Å². The van der Waals surface area contributed by atoms with Crippen LogP contribution in [-0.2, 0) is 16.1 Å². The lowest BCUT2D eigenvalue weighted by Crippen LogP contribution is -2.30. The highest BCUT2D eigenvalue weighted by atomic mass is 32.1. The number of thiophene rings is 1. The Morgan fingerprint density at radius 2 is 2.20 bits per heavy atom. The highest BCUT2D eigenvalue weighted by Gasteiger charge is 2.28. The number of alkyl halides is 3. The number of thiazole rings is 1. The van der Waals surface area contributed by atoms with Gasteiger partial charge in [0.1, 0.15) is 5.01 Å². The van der Waals surface area contributed by atoms with E-state index in [4.69, 9.17) is 0 Å². The van der Waals surface area contributed by atoms with Crippen LogP contribution in [0.1, 0.15) is 5.69 Å². The first-order chi connectivity index (χ1) is 9.44. The van der Waals surface area contributed by atoms with Crippen molar-refractivity contribution < 1.29 is 22.8 Å². The van der Waals surface area contributed by atoms with Crippen molar-refractivity contribution >= 4 is 28.6 Å². The zero-order chi connectivity index (χ0) is 14.6. The Labute approximate surface area is 120 Å². The fourth-order valence-electron chi connectivity index (χ4n) is 1.31. The van der Waals surface area contributed by atoms with Crippen molar-refractivity contribution in [2.75, 3.05) is 6.61 Å². The summed E-state index contributed by atoms with van der Waals surface area (Å²) >= 11 is 2.90. The second-order valence-corrected chi connectivity index (χ2v) is 5.40. The summed E-state index contributed by atoms with van der Waals surface area (Å²) in [5.41, 5.74) is 3.19. The quantitative estimate of drug-likeness (QED) is 0.861. The van der Waals surface area contributed by atoms with Crippen molar-refractivity contribution in [3.63, 3.8) is 0 Å². The summed E-state index contributed by atoms with van der Waals surface area (Å²) in [6.45, 7) is -1.52. The Balaban J connectivity index is 1.83. The van der Waals surface area contributed by atoms with Gasteiger partial charge in [0.25, 0.3) is 0 Å². The van der Waals surface area contributed by atoms with E-state index in [1.807, 2.05) is 16.8 Å². The summed E-state index contributed by atoms with van der Waals surface area (Å²) in [7, 11) is 0. The van der Waals surface area contributed by atoms with Crippen LogP contribution in [-0.4, -0.2) is 23.7 Å². The SMILES string of the molecule is O=C(Cc1csc(-c2ccsc2)n1)NOCC(F)(F)F. The molecule has 0 aromatic carbocycles. The van der Waals surface area contributed by atoms with Crippen LogP contribution in [0.25, 0.3) is 10.6 Å². The summed E-state index contributed by atoms with van der Waals surface area (Å²) in [4.78, 5) is 19.7. The lowest BCUT2D eigenvalue weighted by atomic mass is 10.3. The van der Waals surface area contributed by atoms with E-state index in [0.29, 0.717) is 5.69 Å². The first-order valence-electron chi connectivity index (χ1n) is 5.38. The molecule has 1 N–H and O–H groups in total. The molecule has 2 aromatic heterocycles. The molecule has 20 heavy (non-hydrogen) atoms. The van der Waals surface area contributed by atoms with Crippen molar-refractivity contribution in [1.82, 2.24) is 10.5 Å². The number of nitrogens with zero attached hydrogens (tertiary/aromatic N) is 1. The third-order valence-electron chi connectivity index (χ3n) is 2.08. The molecule has 0 aliphatic carbocycles. The first-order valence-corrected chi connectivity index (χ1v) is 7.20. The zero-order valence-corrected chi connectivity index (χ0v) is 11.6. The van der Waals surface area contributed by atoms with Gasteiger partial charge >= 0.3 is 6.18 Å². The molecule has 0 saturated carbocycles. The second-order valence-electron chi connectivity index (χ2n) is 3.76. The zero-order valence-electron chi connectivity index (χ0n) is 9.94. The molecule has 2 aromatic rings. The summed E-state index contributed by atoms with van der Waals surface area (Å²) in [5.74, 6) is -0.670. The Morgan fingerprint density at radius 3 is 2.85 bits per heavy atom. The Hall–Kier alpha value is -1.45. The van der Waals surface area contributed by atoms with Gasteiger partial charge in [-0.2, -0.15) is 24.5 Å². The molecule has 0 aliphatic rings. The average molecular weight is 322 g/mol. The molecule has 9 heteroatoms. The number of hydrogen-bond acceptors (Lipinski definition) is 5. The third-order valence-corrected chi connectivity index (χ3v) is 3.71. The van der Waals surface area contributed by atoms with E-state index in [1.165, 1.54) is 22.7 Å². The molecule has 0 spiro atoms. The fourth-order valence-corrected chi connectivity index (χ4v) is 2.84. The minimum absolute atomic E-state index is 0.126. The number of nitrogens with one attached hydrogen (secondary N) is 1. The van der Waals surface area contributed by atoms with Crippen LogP contribution in [0.4, 0.5) is 13.2 Å². The average Bonchev–Trinajstić information content (AvgIpc) is 2.96.